The summed E-state index contributed by atoms with van der Waals surface area (Å²) in [6.07, 6.45) is 2.05. The fourth-order valence-corrected chi connectivity index (χ4v) is 26.8. The van der Waals surface area contributed by atoms with E-state index in [2.05, 4.69) is 45.8 Å². The molecule has 4 nitrogen and oxygen atoms in total. The van der Waals surface area contributed by atoms with E-state index < -0.39 is 33.4 Å². The van der Waals surface area contributed by atoms with Gasteiger partial charge in [0, 0.05) is 0 Å². The van der Waals surface area contributed by atoms with Crippen LogP contribution in [0.5, 0.6) is 0 Å². The van der Waals surface area contributed by atoms with Gasteiger partial charge in [-0.2, -0.15) is 0 Å². The molecule has 0 bridgehead atoms. The van der Waals surface area contributed by atoms with E-state index in [9.17, 15) is 0 Å². The fraction of sp³-hybridized carbons (Fsp3) is 1.00. The number of hydrogen-bond donors (Lipinski definition) is 0. The van der Waals surface area contributed by atoms with Gasteiger partial charge in [0.05, 0.1) is 0 Å². The molecule has 1 rings (SSSR count). The first-order chi connectivity index (χ1) is 7.39. The Kier molecular flexibility index (Phi) is 4.61. The Morgan fingerprint density at radius 2 is 0.882 bits per heavy atom. The normalized spacial score (nSPS) is 30.4. The van der Waals surface area contributed by atoms with Crippen molar-refractivity contribution in [3.63, 3.8) is 0 Å². The van der Waals surface area contributed by atoms with E-state index in [4.69, 9.17) is 16.5 Å². The van der Waals surface area contributed by atoms with E-state index in [0.29, 0.717) is 0 Å². The van der Waals surface area contributed by atoms with Gasteiger partial charge in [0.15, 0.2) is 0 Å². The first kappa shape index (κ1) is 16.1. The maximum atomic E-state index is 6.27. The Hall–Kier alpha value is 1.06. The summed E-state index contributed by atoms with van der Waals surface area (Å²) < 4.78 is 25.0. The summed E-state index contributed by atoms with van der Waals surface area (Å²) in [7, 11) is -8.65. The second kappa shape index (κ2) is 4.87. The van der Waals surface area contributed by atoms with Crippen molar-refractivity contribution in [2.45, 2.75) is 45.8 Å². The molecule has 102 valence electrons. The van der Waals surface area contributed by atoms with Crippen LogP contribution in [0.3, 0.4) is 0 Å². The van der Waals surface area contributed by atoms with Crippen LogP contribution in [-0.2, 0) is 16.5 Å². The van der Waals surface area contributed by atoms with Gasteiger partial charge in [-0.25, -0.2) is 0 Å². The lowest BCUT2D eigenvalue weighted by Crippen LogP contribution is -2.64. The monoisotopic (exact) mass is 328 g/mol. The van der Waals surface area contributed by atoms with Crippen molar-refractivity contribution in [3.05, 3.63) is 0 Å². The van der Waals surface area contributed by atoms with Crippen molar-refractivity contribution in [1.82, 2.24) is 0 Å². The van der Waals surface area contributed by atoms with Gasteiger partial charge in [0.2, 0.25) is 0 Å². The van der Waals surface area contributed by atoms with E-state index in [1.807, 2.05) is 6.26 Å². The standard InChI is InChI=1S/C8H24O4SSi4/c1-13-17(8)11-15(4,5)9-14(2,3)10-16(6,7)12-17/h1-8H3. The van der Waals surface area contributed by atoms with Crippen molar-refractivity contribution >= 4 is 44.6 Å². The van der Waals surface area contributed by atoms with Crippen LogP contribution < -0.4 is 0 Å². The predicted molar refractivity (Wildman–Crippen MR) is 81.9 cm³/mol. The van der Waals surface area contributed by atoms with Gasteiger partial charge in [0.1, 0.15) is 0 Å². The summed E-state index contributed by atoms with van der Waals surface area (Å²) in [4.78, 5) is 0. The Balaban J connectivity index is 3.02. The Morgan fingerprint density at radius 3 is 1.18 bits per heavy atom. The van der Waals surface area contributed by atoms with Gasteiger partial charge in [-0.1, -0.05) is 0 Å². The molecule has 1 aliphatic rings. The molecule has 1 heterocycles. The smallest absolute Gasteiger partial charge is 0.384 e. The fourth-order valence-electron chi connectivity index (χ4n) is 2.24. The van der Waals surface area contributed by atoms with Crippen LogP contribution >= 0.6 is 11.2 Å². The van der Waals surface area contributed by atoms with E-state index in [1.165, 1.54) is 0 Å². The lowest BCUT2D eigenvalue weighted by atomic mass is 11.9. The predicted octanol–water partition coefficient (Wildman–Crippen LogP) is 3.10. The summed E-state index contributed by atoms with van der Waals surface area (Å²) in [6, 6.07) is 0. The summed E-state index contributed by atoms with van der Waals surface area (Å²) in [6.45, 7) is 14.6. The zero-order valence-corrected chi connectivity index (χ0v) is 16.9. The van der Waals surface area contributed by atoms with Crippen LogP contribution in [0.1, 0.15) is 0 Å². The molecule has 0 unspecified atom stereocenters. The summed E-state index contributed by atoms with van der Waals surface area (Å²) >= 11 is 1.69. The second-order valence-electron chi connectivity index (χ2n) is 5.67. The molecular formula is C8H24O4SSi4. The van der Waals surface area contributed by atoms with Crippen molar-refractivity contribution in [2.75, 3.05) is 6.26 Å². The van der Waals surface area contributed by atoms with Crippen molar-refractivity contribution in [3.8, 4) is 0 Å². The van der Waals surface area contributed by atoms with Crippen LogP contribution in [0.25, 0.3) is 0 Å². The molecule has 9 heteroatoms. The van der Waals surface area contributed by atoms with Crippen molar-refractivity contribution < 1.29 is 16.5 Å². The first-order valence-electron chi connectivity index (χ1n) is 5.75. The SMILES string of the molecule is CS[Si]1(C)O[Si](C)(C)O[Si](C)(C)O[Si](C)(C)O1. The minimum atomic E-state index is -2.21. The highest BCUT2D eigenvalue weighted by molar-refractivity contribution is 8.27. The van der Waals surface area contributed by atoms with Gasteiger partial charge in [0.25, 0.3) is 0 Å². The zero-order chi connectivity index (χ0) is 13.5. The minimum Gasteiger partial charge on any atom is -0.416 e. The molecule has 0 amide bonds. The highest BCUT2D eigenvalue weighted by Gasteiger charge is 2.52. The van der Waals surface area contributed by atoms with Gasteiger partial charge in [-0.3, -0.25) is 0 Å². The van der Waals surface area contributed by atoms with Crippen LogP contribution in [0.2, 0.25) is 45.8 Å². The molecule has 0 aromatic heterocycles. The van der Waals surface area contributed by atoms with Crippen LogP contribution in [-0.4, -0.2) is 39.6 Å². The second-order valence-corrected chi connectivity index (χ2v) is 22.9. The summed E-state index contributed by atoms with van der Waals surface area (Å²) in [5.74, 6) is 0. The highest BCUT2D eigenvalue weighted by atomic mass is 32.4. The molecule has 0 aromatic carbocycles. The van der Waals surface area contributed by atoms with Crippen molar-refractivity contribution in [2.24, 2.45) is 0 Å². The number of rotatable bonds is 1. The van der Waals surface area contributed by atoms with E-state index in [0.717, 1.165) is 0 Å². The van der Waals surface area contributed by atoms with Gasteiger partial charge < -0.3 is 16.5 Å². The van der Waals surface area contributed by atoms with E-state index in [1.54, 1.807) is 11.2 Å². The highest BCUT2D eigenvalue weighted by Crippen LogP contribution is 2.34. The summed E-state index contributed by atoms with van der Waals surface area (Å²) in [5.41, 5.74) is 0. The molecule has 0 radical (unpaired) electrons. The maximum absolute atomic E-state index is 6.27. The molecule has 1 aliphatic heterocycles. The van der Waals surface area contributed by atoms with Gasteiger partial charge in [-0.05, 0) is 52.1 Å². The third-order valence-electron chi connectivity index (χ3n) is 2.22. The lowest BCUT2D eigenvalue weighted by molar-refractivity contribution is 0.247. The molecule has 0 aromatic rings. The third kappa shape index (κ3) is 4.91. The molecule has 0 atom stereocenters. The van der Waals surface area contributed by atoms with Crippen LogP contribution in [0, 0.1) is 0 Å². The molecule has 1 saturated heterocycles. The third-order valence-corrected chi connectivity index (χ3v) is 21.4. The van der Waals surface area contributed by atoms with Gasteiger partial charge >= 0.3 is 33.4 Å². The minimum absolute atomic E-state index is 1.69. The van der Waals surface area contributed by atoms with Crippen LogP contribution in [0.4, 0.5) is 0 Å². The Bertz CT molecular complexity index is 275. The largest absolute Gasteiger partial charge is 0.416 e. The van der Waals surface area contributed by atoms with E-state index in [-0.39, 0.29) is 0 Å². The Labute approximate surface area is 113 Å². The average Bonchev–Trinajstić information content (AvgIpc) is 1.93. The zero-order valence-electron chi connectivity index (χ0n) is 12.0. The molecule has 17 heavy (non-hydrogen) atoms. The number of hydrogen-bond acceptors (Lipinski definition) is 5. The molecule has 0 spiro atoms. The quantitative estimate of drug-likeness (QED) is 0.691. The molecular weight excluding hydrogens is 304 g/mol. The van der Waals surface area contributed by atoms with Gasteiger partial charge in [-0.15, -0.1) is 11.2 Å². The Morgan fingerprint density at radius 1 is 0.588 bits per heavy atom. The first-order valence-corrected chi connectivity index (χ1v) is 18.5. The van der Waals surface area contributed by atoms with E-state index >= 15 is 0 Å². The maximum Gasteiger partial charge on any atom is 0.384 e. The lowest BCUT2D eigenvalue weighted by Gasteiger charge is -2.46. The van der Waals surface area contributed by atoms with Crippen LogP contribution in [0.15, 0.2) is 0 Å². The molecule has 1 fully saturated rings. The topological polar surface area (TPSA) is 36.9 Å². The van der Waals surface area contributed by atoms with Crippen molar-refractivity contribution in [1.29, 1.82) is 0 Å². The molecule has 0 aliphatic carbocycles. The summed E-state index contributed by atoms with van der Waals surface area (Å²) in [5, 5.41) is 0. The average molecular weight is 329 g/mol. The molecule has 0 N–H and O–H groups in total. The molecule has 0 saturated carbocycles.